The molecular weight excluding hydrogens is 222 g/mol. The van der Waals surface area contributed by atoms with Gasteiger partial charge in [0.25, 0.3) is 0 Å². The fourth-order valence-corrected chi connectivity index (χ4v) is 1.36. The van der Waals surface area contributed by atoms with Gasteiger partial charge in [-0.3, -0.25) is 0 Å². The molecule has 1 aromatic rings. The summed E-state index contributed by atoms with van der Waals surface area (Å²) in [4.78, 5) is 11.5. The van der Waals surface area contributed by atoms with Crippen molar-refractivity contribution in [3.63, 3.8) is 0 Å². The molecule has 1 heterocycles. The van der Waals surface area contributed by atoms with E-state index in [1.807, 2.05) is 13.0 Å². The van der Waals surface area contributed by atoms with E-state index in [4.69, 9.17) is 0 Å². The fourth-order valence-electron chi connectivity index (χ4n) is 1.36. The van der Waals surface area contributed by atoms with Crippen LogP contribution in [0.25, 0.3) is 5.70 Å². The maximum absolute atomic E-state index is 11.5. The topological polar surface area (TPSA) is 62.5 Å². The third-order valence-corrected chi connectivity index (χ3v) is 2.29. The molecule has 0 amide bonds. The minimum absolute atomic E-state index is 0.162. The number of carbonyl (C=O) groups is 1. The van der Waals surface area contributed by atoms with Gasteiger partial charge in [0, 0.05) is 11.6 Å². The van der Waals surface area contributed by atoms with Crippen molar-refractivity contribution >= 4 is 11.7 Å². The first-order valence-corrected chi connectivity index (χ1v) is 5.18. The van der Waals surface area contributed by atoms with Gasteiger partial charge < -0.3 is 14.6 Å². The highest BCUT2D eigenvalue weighted by atomic mass is 16.6. The highest BCUT2D eigenvalue weighted by Gasteiger charge is 2.23. The molecule has 0 aliphatic carbocycles. The molecule has 0 saturated heterocycles. The van der Waals surface area contributed by atoms with E-state index in [1.165, 1.54) is 18.8 Å². The molecule has 92 valence electrons. The van der Waals surface area contributed by atoms with Crippen LogP contribution in [-0.2, 0) is 20.7 Å². The first kappa shape index (κ1) is 13.0. The molecule has 0 bridgehead atoms. The lowest BCUT2D eigenvalue weighted by atomic mass is 10.2. The average Bonchev–Trinajstić information content (AvgIpc) is 2.38. The highest BCUT2D eigenvalue weighted by Crippen LogP contribution is 2.04. The van der Waals surface area contributed by atoms with E-state index < -0.39 is 11.9 Å². The molecule has 0 unspecified atom stereocenters. The van der Waals surface area contributed by atoms with Crippen LogP contribution in [0.15, 0.2) is 30.5 Å². The summed E-state index contributed by atoms with van der Waals surface area (Å²) in [6.45, 7) is 1.98. The van der Waals surface area contributed by atoms with Crippen molar-refractivity contribution in [3.05, 3.63) is 36.0 Å². The van der Waals surface area contributed by atoms with E-state index in [0.29, 0.717) is 0 Å². The van der Waals surface area contributed by atoms with E-state index in [9.17, 15) is 9.90 Å². The number of nitrogens with zero attached hydrogens (tertiary/aromatic N) is 1. The van der Waals surface area contributed by atoms with E-state index in [0.717, 1.165) is 12.0 Å². The lowest BCUT2D eigenvalue weighted by Crippen LogP contribution is -2.40. The molecule has 1 aromatic heterocycles. The summed E-state index contributed by atoms with van der Waals surface area (Å²) in [5.41, 5.74) is 0.836. The Morgan fingerprint density at radius 1 is 1.41 bits per heavy atom. The first-order valence-electron chi connectivity index (χ1n) is 5.18. The number of hydrogen-bond donors (Lipinski definition) is 0. The highest BCUT2D eigenvalue weighted by molar-refractivity contribution is 6.06. The second-order valence-electron chi connectivity index (χ2n) is 3.30. The summed E-state index contributed by atoms with van der Waals surface area (Å²) < 4.78 is 10.5. The Bertz CT molecular complexity index is 440. The molecule has 0 spiro atoms. The molecule has 0 radical (unpaired) electrons. The second-order valence-corrected chi connectivity index (χ2v) is 3.30. The Kier molecular flexibility index (Phi) is 4.51. The van der Waals surface area contributed by atoms with Gasteiger partial charge in [-0.1, -0.05) is 6.92 Å². The summed E-state index contributed by atoms with van der Waals surface area (Å²) in [5, 5.41) is 11.5. The SMILES string of the molecule is CCc1ccc[n+](/C(C(=O)OC)=C(/[O-])OC)c1. The summed E-state index contributed by atoms with van der Waals surface area (Å²) in [6.07, 6.45) is 4.10. The van der Waals surface area contributed by atoms with E-state index in [-0.39, 0.29) is 5.70 Å². The normalized spacial score (nSPS) is 11.7. The van der Waals surface area contributed by atoms with Gasteiger partial charge in [-0.2, -0.15) is 4.57 Å². The minimum Gasteiger partial charge on any atom is -0.612 e. The smallest absolute Gasteiger partial charge is 0.405 e. The Morgan fingerprint density at radius 2 is 2.12 bits per heavy atom. The van der Waals surface area contributed by atoms with E-state index >= 15 is 0 Å². The van der Waals surface area contributed by atoms with Crippen molar-refractivity contribution < 1.29 is 23.9 Å². The van der Waals surface area contributed by atoms with Crippen LogP contribution >= 0.6 is 0 Å². The standard InChI is InChI=1S/C12H15NO4/c1-4-9-6-5-7-13(8-9)10(11(14)16-2)12(15)17-3/h5-8H,4H2,1-3H3. The van der Waals surface area contributed by atoms with E-state index in [2.05, 4.69) is 9.47 Å². The summed E-state index contributed by atoms with van der Waals surface area (Å²) in [6, 6.07) is 3.66. The van der Waals surface area contributed by atoms with E-state index in [1.54, 1.807) is 18.5 Å². The zero-order valence-corrected chi connectivity index (χ0v) is 10.1. The minimum atomic E-state index is -0.727. The Balaban J connectivity index is 3.27. The zero-order chi connectivity index (χ0) is 12.8. The van der Waals surface area contributed by atoms with Crippen molar-refractivity contribution in [1.82, 2.24) is 0 Å². The van der Waals surface area contributed by atoms with Crippen molar-refractivity contribution in [3.8, 4) is 0 Å². The number of pyridine rings is 1. The molecule has 1 rings (SSSR count). The molecule has 0 aliphatic rings. The van der Waals surface area contributed by atoms with Gasteiger partial charge in [0.15, 0.2) is 12.4 Å². The number of aryl methyl sites for hydroxylation is 1. The van der Waals surface area contributed by atoms with Crippen LogP contribution < -0.4 is 9.67 Å². The summed E-state index contributed by atoms with van der Waals surface area (Å²) >= 11 is 0. The van der Waals surface area contributed by atoms with Gasteiger partial charge in [-0.25, -0.2) is 4.79 Å². The first-order chi connectivity index (χ1) is 8.13. The summed E-state index contributed by atoms with van der Waals surface area (Å²) in [7, 11) is 2.44. The molecule has 0 N–H and O–H groups in total. The maximum atomic E-state index is 11.5. The second kappa shape index (κ2) is 5.89. The molecule has 5 heteroatoms. The third kappa shape index (κ3) is 2.96. The quantitative estimate of drug-likeness (QED) is 0.316. The Hall–Kier alpha value is -2.04. The molecule has 0 saturated carbocycles. The molecule has 0 fully saturated rings. The average molecular weight is 237 g/mol. The summed E-state index contributed by atoms with van der Waals surface area (Å²) in [5.74, 6) is -1.45. The predicted octanol–water partition coefficient (Wildman–Crippen LogP) is -0.158. The zero-order valence-electron chi connectivity index (χ0n) is 10.1. The molecule has 0 atom stereocenters. The predicted molar refractivity (Wildman–Crippen MR) is 58.3 cm³/mol. The van der Waals surface area contributed by atoms with Gasteiger partial charge in [0.1, 0.15) is 5.95 Å². The number of rotatable bonds is 4. The lowest BCUT2D eigenvalue weighted by Gasteiger charge is -2.10. The van der Waals surface area contributed by atoms with Crippen molar-refractivity contribution in [2.75, 3.05) is 14.2 Å². The molecule has 0 aromatic carbocycles. The molecule has 0 aliphatic heterocycles. The van der Waals surface area contributed by atoms with Crippen molar-refractivity contribution in [2.45, 2.75) is 13.3 Å². The monoisotopic (exact) mass is 237 g/mol. The van der Waals surface area contributed by atoms with Gasteiger partial charge in [0.2, 0.25) is 0 Å². The van der Waals surface area contributed by atoms with Crippen LogP contribution in [0.3, 0.4) is 0 Å². The fraction of sp³-hybridized carbons (Fsp3) is 0.333. The lowest BCUT2D eigenvalue weighted by molar-refractivity contribution is -0.586. The van der Waals surface area contributed by atoms with Crippen LogP contribution in [0.2, 0.25) is 0 Å². The Labute approximate surface area is 99.9 Å². The molecular formula is C12H15NO4. The van der Waals surface area contributed by atoms with Crippen LogP contribution in [0, 0.1) is 0 Å². The van der Waals surface area contributed by atoms with Gasteiger partial charge in [-0.05, 0) is 19.6 Å². The number of hydrogen-bond acceptors (Lipinski definition) is 4. The number of aromatic nitrogens is 1. The number of methoxy groups -OCH3 is 2. The third-order valence-electron chi connectivity index (χ3n) is 2.29. The number of ether oxygens (including phenoxy) is 2. The number of esters is 1. The van der Waals surface area contributed by atoms with Crippen LogP contribution in [0.5, 0.6) is 0 Å². The maximum Gasteiger partial charge on any atom is 0.405 e. The van der Waals surface area contributed by atoms with Gasteiger partial charge >= 0.3 is 11.7 Å². The molecule has 17 heavy (non-hydrogen) atoms. The Morgan fingerprint density at radius 3 is 2.65 bits per heavy atom. The van der Waals surface area contributed by atoms with Crippen molar-refractivity contribution in [1.29, 1.82) is 0 Å². The van der Waals surface area contributed by atoms with Gasteiger partial charge in [-0.15, -0.1) is 0 Å². The largest absolute Gasteiger partial charge is 0.612 e. The van der Waals surface area contributed by atoms with Crippen LogP contribution in [0.1, 0.15) is 12.5 Å². The number of carbonyl (C=O) groups excluding carboxylic acids is 1. The van der Waals surface area contributed by atoms with Crippen LogP contribution in [0.4, 0.5) is 0 Å². The van der Waals surface area contributed by atoms with Gasteiger partial charge in [0.05, 0.1) is 7.11 Å². The van der Waals surface area contributed by atoms with Crippen molar-refractivity contribution in [2.24, 2.45) is 0 Å². The molecule has 5 nitrogen and oxygen atoms in total. The van der Waals surface area contributed by atoms with Crippen LogP contribution in [-0.4, -0.2) is 20.2 Å².